The molecule has 2 aliphatic rings. The summed E-state index contributed by atoms with van der Waals surface area (Å²) >= 11 is 6.13. The molecular formula is C29H48ClN5O5. The van der Waals surface area contributed by atoms with Gasteiger partial charge >= 0.3 is 6.09 Å². The summed E-state index contributed by atoms with van der Waals surface area (Å²) in [7, 11) is 1.52. The van der Waals surface area contributed by atoms with E-state index in [1.807, 2.05) is 20.8 Å². The maximum atomic E-state index is 12.9. The molecule has 2 amide bonds. The molecule has 40 heavy (non-hydrogen) atoms. The molecule has 2 saturated heterocycles. The van der Waals surface area contributed by atoms with Crippen LogP contribution in [0.3, 0.4) is 0 Å². The van der Waals surface area contributed by atoms with Crippen LogP contribution in [-0.2, 0) is 4.74 Å². The Morgan fingerprint density at radius 3 is 2.38 bits per heavy atom. The van der Waals surface area contributed by atoms with Crippen molar-refractivity contribution in [2.45, 2.75) is 77.0 Å². The zero-order valence-corrected chi connectivity index (χ0v) is 25.3. The van der Waals surface area contributed by atoms with E-state index in [0.29, 0.717) is 27.9 Å². The molecule has 226 valence electrons. The monoisotopic (exact) mass is 581 g/mol. The van der Waals surface area contributed by atoms with E-state index in [9.17, 15) is 14.7 Å². The number of methoxy groups -OCH3 is 1. The number of aliphatic hydroxyl groups is 1. The van der Waals surface area contributed by atoms with Gasteiger partial charge in [-0.1, -0.05) is 11.6 Å². The van der Waals surface area contributed by atoms with Crippen LogP contribution in [-0.4, -0.2) is 97.6 Å². The van der Waals surface area contributed by atoms with Gasteiger partial charge in [-0.2, -0.15) is 0 Å². The SMILES string of the molecule is COc1cc(N)c(Cl)cc1C(=O)NC1CCN(CC2CCN(CCCC(CO)NC(=O)OC(C)(C)C)CC2)CC1. The van der Waals surface area contributed by atoms with Gasteiger partial charge in [-0.05, 0) is 90.9 Å². The van der Waals surface area contributed by atoms with E-state index in [-0.39, 0.29) is 24.6 Å². The lowest BCUT2D eigenvalue weighted by atomic mass is 9.94. The Balaban J connectivity index is 1.31. The van der Waals surface area contributed by atoms with E-state index in [1.165, 1.54) is 20.0 Å². The van der Waals surface area contributed by atoms with Crippen molar-refractivity contribution < 1.29 is 24.2 Å². The summed E-state index contributed by atoms with van der Waals surface area (Å²) in [4.78, 5) is 29.8. The minimum absolute atomic E-state index is 0.0917. The van der Waals surface area contributed by atoms with Crippen molar-refractivity contribution in [2.24, 2.45) is 5.92 Å². The maximum Gasteiger partial charge on any atom is 0.407 e. The number of nitrogens with zero attached hydrogens (tertiary/aromatic N) is 2. The fraction of sp³-hybridized carbons (Fsp3) is 0.724. The second-order valence-corrected chi connectivity index (χ2v) is 12.5. The van der Waals surface area contributed by atoms with Crippen LogP contribution in [0.4, 0.5) is 10.5 Å². The van der Waals surface area contributed by atoms with Gasteiger partial charge in [-0.15, -0.1) is 0 Å². The lowest BCUT2D eigenvalue weighted by Gasteiger charge is -2.38. The molecular weight excluding hydrogens is 534 g/mol. The molecule has 1 atom stereocenters. The topological polar surface area (TPSA) is 129 Å². The number of carbonyl (C=O) groups excluding carboxylic acids is 2. The van der Waals surface area contributed by atoms with Crippen molar-refractivity contribution in [3.05, 3.63) is 22.7 Å². The Bertz CT molecular complexity index is 972. The molecule has 2 aliphatic heterocycles. The number of piperidine rings is 2. The van der Waals surface area contributed by atoms with Crippen molar-refractivity contribution in [3.63, 3.8) is 0 Å². The molecule has 11 heteroatoms. The number of benzene rings is 1. The molecule has 0 radical (unpaired) electrons. The van der Waals surface area contributed by atoms with E-state index in [4.69, 9.17) is 26.8 Å². The standard InChI is InChI=1S/C29H48ClN5O5/c1-29(2,3)40-28(38)33-22(19-36)6-5-11-34-12-7-20(8-13-34)18-35-14-9-21(10-15-35)32-27(37)23-16-24(30)25(31)17-26(23)39-4/h16-17,20-22,36H,5-15,18-19,31H2,1-4H3,(H,32,37)(H,33,38). The maximum absolute atomic E-state index is 12.9. The van der Waals surface area contributed by atoms with Crippen LogP contribution in [0.5, 0.6) is 5.75 Å². The summed E-state index contributed by atoms with van der Waals surface area (Å²) in [6, 6.07) is 2.99. The first kappa shape index (κ1) is 32.2. The zero-order chi connectivity index (χ0) is 29.3. The van der Waals surface area contributed by atoms with Crippen LogP contribution in [0.1, 0.15) is 69.7 Å². The van der Waals surface area contributed by atoms with Crippen molar-refractivity contribution >= 4 is 29.3 Å². The quantitative estimate of drug-likeness (QED) is 0.292. The summed E-state index contributed by atoms with van der Waals surface area (Å²) in [5, 5.41) is 15.9. The Morgan fingerprint density at radius 2 is 1.77 bits per heavy atom. The van der Waals surface area contributed by atoms with E-state index in [1.54, 1.807) is 12.1 Å². The van der Waals surface area contributed by atoms with Crippen LogP contribution in [0.25, 0.3) is 0 Å². The highest BCUT2D eigenvalue weighted by atomic mass is 35.5. The number of amides is 2. The molecule has 0 aliphatic carbocycles. The highest BCUT2D eigenvalue weighted by Crippen LogP contribution is 2.29. The van der Waals surface area contributed by atoms with E-state index in [0.717, 1.165) is 65.0 Å². The van der Waals surface area contributed by atoms with E-state index >= 15 is 0 Å². The van der Waals surface area contributed by atoms with Gasteiger partial charge in [0.2, 0.25) is 0 Å². The lowest BCUT2D eigenvalue weighted by molar-refractivity contribution is 0.0476. The number of halogens is 1. The number of hydrogen-bond acceptors (Lipinski definition) is 8. The van der Waals surface area contributed by atoms with Gasteiger partial charge < -0.3 is 40.7 Å². The molecule has 0 aromatic heterocycles. The minimum atomic E-state index is -0.553. The number of ether oxygens (including phenoxy) is 2. The first-order valence-electron chi connectivity index (χ1n) is 14.5. The van der Waals surface area contributed by atoms with Crippen molar-refractivity contribution in [3.8, 4) is 5.75 Å². The normalized spacial score (nSPS) is 18.8. The first-order chi connectivity index (χ1) is 19.0. The molecule has 1 unspecified atom stereocenters. The predicted molar refractivity (Wildman–Crippen MR) is 158 cm³/mol. The van der Waals surface area contributed by atoms with Gasteiger partial charge in [0.15, 0.2) is 0 Å². The average molecular weight is 582 g/mol. The predicted octanol–water partition coefficient (Wildman–Crippen LogP) is 3.50. The van der Waals surface area contributed by atoms with E-state index in [2.05, 4.69) is 20.4 Å². The number of aliphatic hydroxyl groups excluding tert-OH is 1. The molecule has 1 aromatic carbocycles. The number of rotatable bonds is 11. The third-order valence-corrected chi connectivity index (χ3v) is 8.01. The Kier molecular flexibility index (Phi) is 12.2. The molecule has 3 rings (SSSR count). The number of anilines is 1. The second-order valence-electron chi connectivity index (χ2n) is 12.1. The molecule has 10 nitrogen and oxygen atoms in total. The highest BCUT2D eigenvalue weighted by molar-refractivity contribution is 6.33. The van der Waals surface area contributed by atoms with Crippen LogP contribution in [0.2, 0.25) is 5.02 Å². The van der Waals surface area contributed by atoms with E-state index < -0.39 is 11.7 Å². The molecule has 0 bridgehead atoms. The lowest BCUT2D eigenvalue weighted by Crippen LogP contribution is -2.47. The molecule has 1 aromatic rings. The number of nitrogens with two attached hydrogens (primary N) is 1. The van der Waals surface area contributed by atoms with Gasteiger partial charge in [-0.25, -0.2) is 4.79 Å². The van der Waals surface area contributed by atoms with Gasteiger partial charge in [0.1, 0.15) is 11.4 Å². The van der Waals surface area contributed by atoms with Gasteiger partial charge in [-0.3, -0.25) is 4.79 Å². The summed E-state index contributed by atoms with van der Waals surface area (Å²) in [5.74, 6) is 0.923. The van der Waals surface area contributed by atoms with Gasteiger partial charge in [0, 0.05) is 31.7 Å². The smallest absolute Gasteiger partial charge is 0.407 e. The van der Waals surface area contributed by atoms with Crippen molar-refractivity contribution in [2.75, 3.05) is 58.7 Å². The van der Waals surface area contributed by atoms with Crippen molar-refractivity contribution in [1.82, 2.24) is 20.4 Å². The van der Waals surface area contributed by atoms with Crippen LogP contribution >= 0.6 is 11.6 Å². The number of carbonyl (C=O) groups is 2. The molecule has 2 fully saturated rings. The second kappa shape index (κ2) is 15.1. The summed E-state index contributed by atoms with van der Waals surface area (Å²) < 4.78 is 10.6. The summed E-state index contributed by atoms with van der Waals surface area (Å²) in [6.45, 7) is 11.5. The number of nitrogens with one attached hydrogen (secondary N) is 2. The Hall–Kier alpha value is -2.27. The fourth-order valence-electron chi connectivity index (χ4n) is 5.44. The number of hydrogen-bond donors (Lipinski definition) is 4. The molecule has 5 N–H and O–H groups in total. The average Bonchev–Trinajstić information content (AvgIpc) is 2.90. The fourth-order valence-corrected chi connectivity index (χ4v) is 5.60. The molecule has 0 spiro atoms. The number of alkyl carbamates (subject to hydrolysis) is 1. The van der Waals surface area contributed by atoms with Gasteiger partial charge in [0.25, 0.3) is 5.91 Å². The highest BCUT2D eigenvalue weighted by Gasteiger charge is 2.27. The van der Waals surface area contributed by atoms with Crippen molar-refractivity contribution in [1.29, 1.82) is 0 Å². The third-order valence-electron chi connectivity index (χ3n) is 7.68. The number of nitrogen functional groups attached to an aromatic ring is 1. The van der Waals surface area contributed by atoms with Gasteiger partial charge in [0.05, 0.1) is 36.0 Å². The molecule has 0 saturated carbocycles. The first-order valence-corrected chi connectivity index (χ1v) is 14.8. The number of likely N-dealkylation sites (tertiary alicyclic amines) is 2. The minimum Gasteiger partial charge on any atom is -0.496 e. The Morgan fingerprint density at radius 1 is 1.12 bits per heavy atom. The van der Waals surface area contributed by atoms with Crippen LogP contribution in [0, 0.1) is 5.92 Å². The van der Waals surface area contributed by atoms with Crippen LogP contribution in [0.15, 0.2) is 12.1 Å². The largest absolute Gasteiger partial charge is 0.496 e. The van der Waals surface area contributed by atoms with Crippen LogP contribution < -0.4 is 21.1 Å². The Labute approximate surface area is 243 Å². The third kappa shape index (κ3) is 10.3. The zero-order valence-electron chi connectivity index (χ0n) is 24.5. The summed E-state index contributed by atoms with van der Waals surface area (Å²) in [6.07, 6.45) is 5.34. The summed E-state index contributed by atoms with van der Waals surface area (Å²) in [5.41, 5.74) is 6.08. The molecule has 2 heterocycles.